The fraction of sp³-hybridized carbons (Fsp3) is 0.741. The zero-order chi connectivity index (χ0) is 28.9. The van der Waals surface area contributed by atoms with Gasteiger partial charge in [-0.25, -0.2) is 9.38 Å². The highest BCUT2D eigenvalue weighted by atomic mass is 28.4. The molecule has 2 saturated heterocycles. The Balaban J connectivity index is 1.65. The van der Waals surface area contributed by atoms with Crippen LogP contribution in [0.15, 0.2) is 23.5 Å². The van der Waals surface area contributed by atoms with Crippen molar-refractivity contribution in [1.29, 1.82) is 0 Å². The molecule has 0 unspecified atom stereocenters. The lowest BCUT2D eigenvalue weighted by Gasteiger charge is -2.54. The number of nitrogens with zero attached hydrogens (tertiary/aromatic N) is 5. The molecule has 2 aliphatic rings. The molecule has 10 nitrogen and oxygen atoms in total. The first-order valence-corrected chi connectivity index (χ1v) is 18.6. The SMILES string of the molecule is Cn1ccn2c(=O)c3ncn([C@@H]4O[C@@H]5CO[Si](C(C)(C)C)(C(C)(C)C)O[C@H]5[C@H]4O[Si](C)(C)C(C)(C)C)c3nc12. The van der Waals surface area contributed by atoms with Gasteiger partial charge < -0.3 is 22.6 Å². The molecule has 3 aromatic heterocycles. The molecule has 3 aromatic rings. The van der Waals surface area contributed by atoms with Gasteiger partial charge in [0.2, 0.25) is 5.78 Å². The third-order valence-electron chi connectivity index (χ3n) is 8.89. The van der Waals surface area contributed by atoms with Gasteiger partial charge >= 0.3 is 8.56 Å². The number of aromatic nitrogens is 5. The Hall–Kier alpha value is -1.84. The largest absolute Gasteiger partial charge is 0.407 e. The molecule has 0 amide bonds. The van der Waals surface area contributed by atoms with Crippen molar-refractivity contribution in [2.75, 3.05) is 6.61 Å². The fourth-order valence-electron chi connectivity index (χ4n) is 5.96. The van der Waals surface area contributed by atoms with E-state index in [0.29, 0.717) is 23.5 Å². The Kier molecular flexibility index (Phi) is 6.49. The van der Waals surface area contributed by atoms with Crippen molar-refractivity contribution >= 4 is 33.8 Å². The molecule has 5 heterocycles. The van der Waals surface area contributed by atoms with E-state index in [1.807, 2.05) is 22.4 Å². The Labute approximate surface area is 233 Å². The number of rotatable bonds is 3. The van der Waals surface area contributed by atoms with E-state index in [-0.39, 0.29) is 32.9 Å². The maximum Gasteiger partial charge on any atom is 0.349 e. The van der Waals surface area contributed by atoms with Crippen molar-refractivity contribution in [1.82, 2.24) is 23.5 Å². The van der Waals surface area contributed by atoms with Crippen molar-refractivity contribution in [3.63, 3.8) is 0 Å². The molecule has 0 aliphatic carbocycles. The minimum atomic E-state index is -2.79. The Bertz CT molecular complexity index is 1440. The van der Waals surface area contributed by atoms with Gasteiger partial charge in [-0.3, -0.25) is 9.36 Å². The van der Waals surface area contributed by atoms with Gasteiger partial charge in [-0.15, -0.1) is 0 Å². The molecule has 12 heteroatoms. The first kappa shape index (κ1) is 28.7. The summed E-state index contributed by atoms with van der Waals surface area (Å²) in [6, 6.07) is 0. The van der Waals surface area contributed by atoms with E-state index in [0.717, 1.165) is 0 Å². The second-order valence-corrected chi connectivity index (χ2v) is 24.3. The van der Waals surface area contributed by atoms with E-state index in [2.05, 4.69) is 80.4 Å². The Morgan fingerprint density at radius 2 is 1.69 bits per heavy atom. The van der Waals surface area contributed by atoms with Gasteiger partial charge in [0.1, 0.15) is 18.3 Å². The minimum Gasteiger partial charge on any atom is -0.407 e. The van der Waals surface area contributed by atoms with Gasteiger partial charge in [-0.2, -0.15) is 4.98 Å². The molecule has 2 fully saturated rings. The highest BCUT2D eigenvalue weighted by Crippen LogP contribution is 2.56. The van der Waals surface area contributed by atoms with Gasteiger partial charge in [-0.05, 0) is 18.1 Å². The van der Waals surface area contributed by atoms with Crippen LogP contribution in [0.2, 0.25) is 28.2 Å². The van der Waals surface area contributed by atoms with E-state index >= 15 is 0 Å². The van der Waals surface area contributed by atoms with Gasteiger partial charge in [0.25, 0.3) is 5.56 Å². The van der Waals surface area contributed by atoms with Crippen molar-refractivity contribution in [2.24, 2.45) is 7.05 Å². The van der Waals surface area contributed by atoms with Crippen LogP contribution < -0.4 is 5.56 Å². The van der Waals surface area contributed by atoms with Crippen LogP contribution in [0.5, 0.6) is 0 Å². The molecule has 0 spiro atoms. The molecule has 4 atom stereocenters. The van der Waals surface area contributed by atoms with Crippen LogP contribution in [-0.2, 0) is 25.1 Å². The maximum absolute atomic E-state index is 13.3. The van der Waals surface area contributed by atoms with Crippen LogP contribution in [0.1, 0.15) is 68.5 Å². The van der Waals surface area contributed by atoms with E-state index in [9.17, 15) is 4.79 Å². The van der Waals surface area contributed by atoms with Gasteiger partial charge in [0.05, 0.1) is 12.9 Å². The van der Waals surface area contributed by atoms with Gasteiger partial charge in [-0.1, -0.05) is 62.3 Å². The molecule has 0 aromatic carbocycles. The number of fused-ring (bicyclic) bond motifs is 3. The van der Waals surface area contributed by atoms with Gasteiger partial charge in [0, 0.05) is 29.5 Å². The van der Waals surface area contributed by atoms with Crippen LogP contribution in [-0.4, -0.2) is 65.3 Å². The summed E-state index contributed by atoms with van der Waals surface area (Å²) < 4.78 is 33.0. The number of ether oxygens (including phenoxy) is 1. The Morgan fingerprint density at radius 1 is 1.05 bits per heavy atom. The monoisotopic (exact) mass is 575 g/mol. The Morgan fingerprint density at radius 3 is 2.28 bits per heavy atom. The molecule has 216 valence electrons. The lowest BCUT2D eigenvalue weighted by molar-refractivity contribution is -0.0795. The van der Waals surface area contributed by atoms with Crippen LogP contribution in [0.4, 0.5) is 0 Å². The maximum atomic E-state index is 13.3. The van der Waals surface area contributed by atoms with E-state index < -0.39 is 29.2 Å². The van der Waals surface area contributed by atoms with Crippen LogP contribution >= 0.6 is 0 Å². The van der Waals surface area contributed by atoms with Crippen molar-refractivity contribution < 1.29 is 18.0 Å². The average molecular weight is 576 g/mol. The quantitative estimate of drug-likeness (QED) is 0.400. The van der Waals surface area contributed by atoms with E-state index in [4.69, 9.17) is 23.0 Å². The lowest BCUT2D eigenvalue weighted by Crippen LogP contribution is -2.66. The summed E-state index contributed by atoms with van der Waals surface area (Å²) in [6.45, 7) is 24.9. The molecule has 0 bridgehead atoms. The highest BCUT2D eigenvalue weighted by Gasteiger charge is 2.66. The molecule has 0 saturated carbocycles. The van der Waals surface area contributed by atoms with Crippen LogP contribution in [0.25, 0.3) is 16.9 Å². The van der Waals surface area contributed by atoms with Crippen molar-refractivity contribution in [2.45, 2.75) is 115 Å². The summed E-state index contributed by atoms with van der Waals surface area (Å²) in [6.07, 6.45) is 3.56. The van der Waals surface area contributed by atoms with Crippen LogP contribution in [0, 0.1) is 0 Å². The topological polar surface area (TPSA) is 94.0 Å². The second-order valence-electron chi connectivity index (χ2n) is 14.7. The average Bonchev–Trinajstić information content (AvgIpc) is 3.47. The molecule has 0 radical (unpaired) electrons. The molecule has 2 aliphatic heterocycles. The standard InChI is InChI=1S/C27H45N5O5Si2/c1-25(2,3)38(11,12)36-20-19-17(15-34-39(37-19,26(4,5)6)27(7,8)9)35-23(20)32-16-28-18-21(32)29-24-30(10)13-14-31(24)22(18)33/h13-14,16-17,19-20,23H,15H2,1-12H3/t17-,19-,20-,23-/m1/s1. The first-order chi connectivity index (χ1) is 17.8. The minimum absolute atomic E-state index is 0.0212. The summed E-state index contributed by atoms with van der Waals surface area (Å²) in [4.78, 5) is 22.6. The highest BCUT2D eigenvalue weighted by molar-refractivity contribution is 6.74. The van der Waals surface area contributed by atoms with Crippen molar-refractivity contribution in [3.05, 3.63) is 29.1 Å². The smallest absolute Gasteiger partial charge is 0.349 e. The number of aryl methyl sites for hydroxylation is 1. The number of imidazole rings is 2. The summed E-state index contributed by atoms with van der Waals surface area (Å²) >= 11 is 0. The molecule has 0 N–H and O–H groups in total. The summed E-state index contributed by atoms with van der Waals surface area (Å²) in [5.41, 5.74) is 0.567. The first-order valence-electron chi connectivity index (χ1n) is 13.8. The molecule has 5 rings (SSSR count). The third kappa shape index (κ3) is 4.29. The lowest BCUT2D eigenvalue weighted by atomic mass is 10.1. The number of hydrogen-bond acceptors (Lipinski definition) is 7. The summed E-state index contributed by atoms with van der Waals surface area (Å²) in [7, 11) is -3.19. The summed E-state index contributed by atoms with van der Waals surface area (Å²) in [5.74, 6) is 0.540. The van der Waals surface area contributed by atoms with Crippen LogP contribution in [0.3, 0.4) is 0 Å². The summed E-state index contributed by atoms with van der Waals surface area (Å²) in [5, 5.41) is -0.371. The fourth-order valence-corrected chi connectivity index (χ4v) is 12.2. The normalized spacial score (nSPS) is 26.5. The molecule has 39 heavy (non-hydrogen) atoms. The number of hydrogen-bond donors (Lipinski definition) is 0. The molecular formula is C27H45N5O5Si2. The molecular weight excluding hydrogens is 530 g/mol. The van der Waals surface area contributed by atoms with E-state index in [1.54, 1.807) is 12.5 Å². The zero-order valence-corrected chi connectivity index (χ0v) is 27.5. The van der Waals surface area contributed by atoms with Crippen molar-refractivity contribution in [3.8, 4) is 0 Å². The predicted molar refractivity (Wildman–Crippen MR) is 156 cm³/mol. The second kappa shape index (κ2) is 8.83. The zero-order valence-electron chi connectivity index (χ0n) is 25.5. The predicted octanol–water partition coefficient (Wildman–Crippen LogP) is 5.13. The third-order valence-corrected chi connectivity index (χ3v) is 18.5. The van der Waals surface area contributed by atoms with Gasteiger partial charge in [0.15, 0.2) is 25.7 Å². The van der Waals surface area contributed by atoms with E-state index in [1.165, 1.54) is 4.40 Å².